The van der Waals surface area contributed by atoms with E-state index in [2.05, 4.69) is 4.98 Å². The van der Waals surface area contributed by atoms with Crippen LogP contribution in [0.5, 0.6) is 0 Å². The Labute approximate surface area is 138 Å². The summed E-state index contributed by atoms with van der Waals surface area (Å²) in [4.78, 5) is 31.5. The number of hydrogen-bond donors (Lipinski definition) is 1. The third-order valence-corrected chi connectivity index (χ3v) is 5.30. The molecule has 0 saturated heterocycles. The van der Waals surface area contributed by atoms with Crippen molar-refractivity contribution >= 4 is 35.0 Å². The van der Waals surface area contributed by atoms with Crippen LogP contribution in [-0.4, -0.2) is 34.1 Å². The van der Waals surface area contributed by atoms with Gasteiger partial charge in [-0.2, -0.15) is 0 Å². The number of benzene rings is 1. The number of rotatable bonds is 5. The Morgan fingerprint density at radius 2 is 2.00 bits per heavy atom. The lowest BCUT2D eigenvalue weighted by Crippen LogP contribution is -2.41. The van der Waals surface area contributed by atoms with Gasteiger partial charge < -0.3 is 5.11 Å². The van der Waals surface area contributed by atoms with Gasteiger partial charge in [-0.3, -0.25) is 14.5 Å². The summed E-state index contributed by atoms with van der Waals surface area (Å²) in [7, 11) is 0. The van der Waals surface area contributed by atoms with Crippen molar-refractivity contribution in [3.8, 4) is 0 Å². The molecule has 0 fully saturated rings. The quantitative estimate of drug-likeness (QED) is 0.853. The molecule has 2 aromatic rings. The second-order valence-corrected chi connectivity index (χ2v) is 6.47. The van der Waals surface area contributed by atoms with Gasteiger partial charge >= 0.3 is 0 Å². The predicted molar refractivity (Wildman–Crippen MR) is 89.7 cm³/mol. The zero-order valence-corrected chi connectivity index (χ0v) is 13.4. The zero-order chi connectivity index (χ0) is 16.4. The van der Waals surface area contributed by atoms with Crippen LogP contribution in [0.4, 0.5) is 11.5 Å². The molecule has 1 amide bonds. The first-order valence-corrected chi connectivity index (χ1v) is 8.22. The maximum Gasteiger partial charge on any atom is 0.261 e. The van der Waals surface area contributed by atoms with Gasteiger partial charge in [-0.05, 0) is 25.1 Å². The molecule has 1 aromatic carbocycles. The van der Waals surface area contributed by atoms with Crippen molar-refractivity contribution < 1.29 is 14.7 Å². The summed E-state index contributed by atoms with van der Waals surface area (Å²) in [5.41, 5.74) is 1.25. The molecule has 1 atom stereocenters. The number of thioether (sulfide) groups is 1. The van der Waals surface area contributed by atoms with Gasteiger partial charge in [0.1, 0.15) is 5.82 Å². The highest BCUT2D eigenvalue weighted by atomic mass is 32.2. The topological polar surface area (TPSA) is 70.5 Å². The number of carbonyl (C=O) groups excluding carboxylic acids is 2. The molecule has 1 unspecified atom stereocenters. The lowest BCUT2D eigenvalue weighted by molar-refractivity contribution is -0.128. The number of aromatic nitrogens is 1. The molecule has 0 spiro atoms. The molecule has 1 aliphatic heterocycles. The second-order valence-electron chi connectivity index (χ2n) is 5.16. The van der Waals surface area contributed by atoms with Gasteiger partial charge in [-0.15, -0.1) is 11.8 Å². The van der Waals surface area contributed by atoms with E-state index in [1.807, 2.05) is 30.3 Å². The van der Waals surface area contributed by atoms with Crippen molar-refractivity contribution in [2.45, 2.75) is 11.7 Å². The summed E-state index contributed by atoms with van der Waals surface area (Å²) >= 11 is 1.16. The molecule has 2 heterocycles. The van der Waals surface area contributed by atoms with Crippen LogP contribution in [-0.2, 0) is 14.3 Å². The fourth-order valence-electron chi connectivity index (χ4n) is 2.82. The second kappa shape index (κ2) is 6.14. The van der Waals surface area contributed by atoms with E-state index < -0.39 is 4.75 Å². The number of amides is 1. The molecule has 1 aliphatic rings. The number of nitrogens with zero attached hydrogens (tertiary/aromatic N) is 2. The summed E-state index contributed by atoms with van der Waals surface area (Å²) in [5.74, 6) is 0.184. The lowest BCUT2D eigenvalue weighted by Gasteiger charge is -2.25. The number of para-hydroxylation sites is 1. The maximum atomic E-state index is 13.2. The molecular formula is C17H16N2O3S. The Balaban J connectivity index is 2.20. The predicted octanol–water partition coefficient (Wildman–Crippen LogP) is 2.27. The Morgan fingerprint density at radius 3 is 2.65 bits per heavy atom. The summed E-state index contributed by atoms with van der Waals surface area (Å²) < 4.78 is -1.35. The van der Waals surface area contributed by atoms with E-state index in [0.29, 0.717) is 22.8 Å². The van der Waals surface area contributed by atoms with Crippen LogP contribution < -0.4 is 4.90 Å². The number of pyridine rings is 1. The van der Waals surface area contributed by atoms with E-state index in [4.69, 9.17) is 5.11 Å². The van der Waals surface area contributed by atoms with Crippen LogP contribution in [0.25, 0.3) is 0 Å². The number of aliphatic hydroxyl groups excluding tert-OH is 1. The van der Waals surface area contributed by atoms with Gasteiger partial charge in [0.15, 0.2) is 10.5 Å². The number of aliphatic hydroxyl groups is 1. The van der Waals surface area contributed by atoms with Crippen molar-refractivity contribution in [2.75, 3.05) is 17.3 Å². The van der Waals surface area contributed by atoms with Gasteiger partial charge in [-0.1, -0.05) is 24.3 Å². The standard InChI is InChI=1S/C17H16N2O3S/c1-12(21)17(23-11-10-20)14-8-5-9-18-15(14)19(16(17)22)13-6-3-2-4-7-13/h2-9,20H,10-11H2,1H3. The molecule has 118 valence electrons. The smallest absolute Gasteiger partial charge is 0.261 e. The van der Waals surface area contributed by atoms with Crippen molar-refractivity contribution in [3.05, 3.63) is 54.2 Å². The number of fused-ring (bicyclic) bond motifs is 1. The van der Waals surface area contributed by atoms with E-state index in [1.54, 1.807) is 18.3 Å². The normalized spacial score (nSPS) is 19.7. The number of carbonyl (C=O) groups is 2. The first kappa shape index (κ1) is 15.7. The molecule has 1 N–H and O–H groups in total. The highest BCUT2D eigenvalue weighted by molar-refractivity contribution is 8.01. The molecule has 0 aliphatic carbocycles. The zero-order valence-electron chi connectivity index (χ0n) is 12.6. The summed E-state index contributed by atoms with van der Waals surface area (Å²) in [5, 5.41) is 9.17. The minimum Gasteiger partial charge on any atom is -0.396 e. The maximum absolute atomic E-state index is 13.2. The van der Waals surface area contributed by atoms with Gasteiger partial charge in [0.2, 0.25) is 0 Å². The monoisotopic (exact) mass is 328 g/mol. The third kappa shape index (κ3) is 2.34. The Hall–Kier alpha value is -2.18. The van der Waals surface area contributed by atoms with Crippen LogP contribution in [0.2, 0.25) is 0 Å². The average molecular weight is 328 g/mol. The molecule has 6 heteroatoms. The largest absolute Gasteiger partial charge is 0.396 e. The third-order valence-electron chi connectivity index (χ3n) is 3.80. The molecule has 1 aromatic heterocycles. The lowest BCUT2D eigenvalue weighted by atomic mass is 9.97. The summed E-state index contributed by atoms with van der Waals surface area (Å²) in [6.07, 6.45) is 1.61. The van der Waals surface area contributed by atoms with Crippen molar-refractivity contribution in [3.63, 3.8) is 0 Å². The number of ketones is 1. The van der Waals surface area contributed by atoms with E-state index >= 15 is 0 Å². The van der Waals surface area contributed by atoms with E-state index in [9.17, 15) is 9.59 Å². The molecule has 3 rings (SSSR count). The van der Waals surface area contributed by atoms with Crippen LogP contribution in [0, 0.1) is 0 Å². The molecule has 0 radical (unpaired) electrons. The van der Waals surface area contributed by atoms with Gasteiger partial charge in [0.05, 0.1) is 12.3 Å². The molecule has 23 heavy (non-hydrogen) atoms. The Kier molecular flexibility index (Phi) is 4.19. The van der Waals surface area contributed by atoms with E-state index in [0.717, 1.165) is 11.8 Å². The van der Waals surface area contributed by atoms with E-state index in [1.165, 1.54) is 11.8 Å². The van der Waals surface area contributed by atoms with Gasteiger partial charge in [0, 0.05) is 17.5 Å². The fourth-order valence-corrected chi connectivity index (χ4v) is 3.95. The highest BCUT2D eigenvalue weighted by Gasteiger charge is 2.56. The van der Waals surface area contributed by atoms with Crippen molar-refractivity contribution in [1.29, 1.82) is 0 Å². The minimum absolute atomic E-state index is 0.103. The average Bonchev–Trinajstić information content (AvgIpc) is 2.83. The SMILES string of the molecule is CC(=O)C1(SCCO)C(=O)N(c2ccccc2)c2ncccc21. The number of anilines is 2. The molecule has 0 bridgehead atoms. The number of Topliss-reactive ketones (excluding diaryl/α,β-unsaturated/α-hetero) is 1. The minimum atomic E-state index is -1.35. The Bertz CT molecular complexity index is 751. The van der Waals surface area contributed by atoms with Crippen molar-refractivity contribution in [1.82, 2.24) is 4.98 Å². The highest BCUT2D eigenvalue weighted by Crippen LogP contribution is 2.50. The van der Waals surface area contributed by atoms with Crippen molar-refractivity contribution in [2.24, 2.45) is 0 Å². The first-order valence-electron chi connectivity index (χ1n) is 7.24. The molecule has 0 saturated carbocycles. The Morgan fingerprint density at radius 1 is 1.26 bits per heavy atom. The van der Waals surface area contributed by atoms with Crippen LogP contribution in [0.15, 0.2) is 48.7 Å². The van der Waals surface area contributed by atoms with Crippen LogP contribution in [0.1, 0.15) is 12.5 Å². The summed E-state index contributed by atoms with van der Waals surface area (Å²) in [6, 6.07) is 12.6. The fraction of sp³-hybridized carbons (Fsp3) is 0.235. The van der Waals surface area contributed by atoms with Gasteiger partial charge in [0.25, 0.3) is 5.91 Å². The van der Waals surface area contributed by atoms with Gasteiger partial charge in [-0.25, -0.2) is 4.98 Å². The summed E-state index contributed by atoms with van der Waals surface area (Å²) in [6.45, 7) is 1.31. The number of hydrogen-bond acceptors (Lipinski definition) is 5. The first-order chi connectivity index (χ1) is 11.1. The van der Waals surface area contributed by atoms with Crippen LogP contribution in [0.3, 0.4) is 0 Å². The van der Waals surface area contributed by atoms with E-state index in [-0.39, 0.29) is 18.3 Å². The molecular weight excluding hydrogens is 312 g/mol. The molecule has 5 nitrogen and oxygen atoms in total. The van der Waals surface area contributed by atoms with Crippen LogP contribution >= 0.6 is 11.8 Å².